The van der Waals surface area contributed by atoms with Crippen LogP contribution in [0.25, 0.3) is 11.1 Å². The quantitative estimate of drug-likeness (QED) is 0.113. The van der Waals surface area contributed by atoms with Crippen molar-refractivity contribution in [2.24, 2.45) is 0 Å². The highest BCUT2D eigenvalue weighted by Gasteiger charge is 2.39. The minimum absolute atomic E-state index is 0.266. The second-order valence-corrected chi connectivity index (χ2v) is 22.9. The third kappa shape index (κ3) is 9.13. The first-order valence-corrected chi connectivity index (χ1v) is 29.2. The van der Waals surface area contributed by atoms with E-state index in [1.807, 2.05) is 0 Å². The van der Waals surface area contributed by atoms with Crippen molar-refractivity contribution < 1.29 is 0 Å². The highest BCUT2D eigenvalue weighted by Crippen LogP contribution is 2.55. The Hall–Kier alpha value is -10.4. The van der Waals surface area contributed by atoms with Crippen LogP contribution >= 0.6 is 0 Å². The molecule has 0 spiro atoms. The molecule has 0 atom stereocenters. The monoisotopic (exact) mass is 1080 g/mol. The molecule has 0 aliphatic carbocycles. The Kier molecular flexibility index (Phi) is 13.2. The van der Waals surface area contributed by atoms with Gasteiger partial charge in [0.1, 0.15) is 0 Å². The summed E-state index contributed by atoms with van der Waals surface area (Å²) in [5.41, 5.74) is 25.0. The van der Waals surface area contributed by atoms with Crippen molar-refractivity contribution >= 4 is 79.4 Å². The van der Waals surface area contributed by atoms with Gasteiger partial charge in [0.25, 0.3) is 0 Å². The van der Waals surface area contributed by atoms with Crippen LogP contribution in [0, 0.1) is 0 Å². The summed E-state index contributed by atoms with van der Waals surface area (Å²) in [7, 11) is 0. The van der Waals surface area contributed by atoms with Crippen molar-refractivity contribution in [1.82, 2.24) is 0 Å². The fourth-order valence-electron chi connectivity index (χ4n) is 13.1. The lowest BCUT2D eigenvalue weighted by Crippen LogP contribution is -2.30. The van der Waals surface area contributed by atoms with Gasteiger partial charge in [0, 0.05) is 56.3 Å². The molecular formula is C80H64N4. The molecule has 0 bridgehead atoms. The molecule has 0 saturated carbocycles. The first kappa shape index (κ1) is 51.7. The third-order valence-corrected chi connectivity index (χ3v) is 17.2. The number of fused-ring (bicyclic) bond motifs is 4. The van der Waals surface area contributed by atoms with Gasteiger partial charge in [0.15, 0.2) is 0 Å². The molecule has 2 aliphatic heterocycles. The summed E-state index contributed by atoms with van der Waals surface area (Å²) in [5, 5.41) is 0. The summed E-state index contributed by atoms with van der Waals surface area (Å²) in [4.78, 5) is 9.64. The Bertz CT molecular complexity index is 4050. The molecule has 12 aromatic carbocycles. The molecule has 14 rings (SSSR count). The van der Waals surface area contributed by atoms with E-state index in [0.29, 0.717) is 0 Å². The number of para-hydroxylation sites is 6. The summed E-state index contributed by atoms with van der Waals surface area (Å²) in [6.07, 6.45) is 0. The van der Waals surface area contributed by atoms with E-state index in [9.17, 15) is 0 Å². The molecule has 0 saturated heterocycles. The number of hydrogen-bond acceptors (Lipinski definition) is 4. The summed E-state index contributed by atoms with van der Waals surface area (Å²) < 4.78 is 0. The molecule has 84 heavy (non-hydrogen) atoms. The van der Waals surface area contributed by atoms with E-state index in [4.69, 9.17) is 0 Å². The van der Waals surface area contributed by atoms with Crippen molar-refractivity contribution in [3.63, 3.8) is 0 Å². The second-order valence-electron chi connectivity index (χ2n) is 22.9. The molecule has 0 radical (unpaired) electrons. The molecule has 0 aromatic heterocycles. The largest absolute Gasteiger partial charge is 0.310 e. The minimum Gasteiger partial charge on any atom is -0.310 e. The zero-order valence-corrected chi connectivity index (χ0v) is 47.8. The van der Waals surface area contributed by atoms with E-state index >= 15 is 0 Å². The van der Waals surface area contributed by atoms with Crippen molar-refractivity contribution in [3.05, 3.63) is 360 Å². The predicted octanol–water partition coefficient (Wildman–Crippen LogP) is 21.9. The maximum absolute atomic E-state index is 2.42. The maximum Gasteiger partial charge on any atom is 0.0504 e. The highest BCUT2D eigenvalue weighted by molar-refractivity contribution is 6.05. The minimum atomic E-state index is -0.266. The molecule has 0 unspecified atom stereocenters. The van der Waals surface area contributed by atoms with E-state index in [0.717, 1.165) is 78.9 Å². The van der Waals surface area contributed by atoms with Gasteiger partial charge in [-0.15, -0.1) is 0 Å². The average Bonchev–Trinajstić information content (AvgIpc) is 1.47. The van der Waals surface area contributed by atoms with E-state index in [2.05, 4.69) is 363 Å². The van der Waals surface area contributed by atoms with Gasteiger partial charge in [-0.2, -0.15) is 0 Å². The number of benzene rings is 12. The topological polar surface area (TPSA) is 13.0 Å². The van der Waals surface area contributed by atoms with E-state index in [-0.39, 0.29) is 10.8 Å². The summed E-state index contributed by atoms with van der Waals surface area (Å²) in [6.45, 7) is 9.45. The number of nitrogens with zero attached hydrogens (tertiary/aromatic N) is 4. The van der Waals surface area contributed by atoms with Crippen molar-refractivity contribution in [1.29, 1.82) is 0 Å². The number of anilines is 12. The zero-order valence-electron chi connectivity index (χ0n) is 47.8. The van der Waals surface area contributed by atoms with Gasteiger partial charge >= 0.3 is 0 Å². The molecule has 2 heterocycles. The van der Waals surface area contributed by atoms with Crippen LogP contribution in [0.3, 0.4) is 0 Å². The Balaban J connectivity index is 0.883. The van der Waals surface area contributed by atoms with Gasteiger partial charge in [0.05, 0.1) is 22.7 Å². The third-order valence-electron chi connectivity index (χ3n) is 17.2. The molecule has 0 fully saturated rings. The van der Waals surface area contributed by atoms with Crippen LogP contribution in [-0.2, 0) is 10.8 Å². The molecule has 4 nitrogen and oxygen atoms in total. The van der Waals surface area contributed by atoms with E-state index in [1.165, 1.54) is 45.0 Å². The maximum atomic E-state index is 2.42. The smallest absolute Gasteiger partial charge is 0.0504 e. The van der Waals surface area contributed by atoms with Gasteiger partial charge in [0.2, 0.25) is 0 Å². The van der Waals surface area contributed by atoms with Gasteiger partial charge in [-0.25, -0.2) is 0 Å². The van der Waals surface area contributed by atoms with E-state index < -0.39 is 0 Å². The zero-order chi connectivity index (χ0) is 56.8. The standard InChI is InChI=1S/C80H64N4/c1-79(2)69-39-23-25-41-73(69)83(63-35-19-9-20-36-63)75-53-51-67(55-71(75)79)81(61-31-15-7-16-32-61)65-47-43-59(44-48-65)77(57-27-11-5-12-28-57)78(58-29-13-6-14-30-58)60-45-49-66(50-46-60)82(62-33-17-8-18-34-62)68-52-54-76-72(56-68)80(3,4)70-40-24-26-42-74(70)84(76)64-37-21-10-22-38-64/h5-56H,1-4H3/b78-77+. The fraction of sp³-hybridized carbons (Fsp3) is 0.0750. The second kappa shape index (κ2) is 21.5. The molecular weight excluding hydrogens is 1020 g/mol. The Labute approximate surface area is 494 Å². The highest BCUT2D eigenvalue weighted by atomic mass is 15.2. The molecule has 12 aromatic rings. The van der Waals surface area contributed by atoms with Crippen molar-refractivity contribution in [2.75, 3.05) is 19.6 Å². The molecule has 0 amide bonds. The van der Waals surface area contributed by atoms with Crippen LogP contribution in [0.1, 0.15) is 72.2 Å². The van der Waals surface area contributed by atoms with Gasteiger partial charge < -0.3 is 19.6 Å². The van der Waals surface area contributed by atoms with Crippen LogP contribution in [0.4, 0.5) is 68.2 Å². The Morgan fingerprint density at radius 3 is 0.857 bits per heavy atom. The summed E-state index contributed by atoms with van der Waals surface area (Å²) >= 11 is 0. The summed E-state index contributed by atoms with van der Waals surface area (Å²) in [6, 6.07) is 115. The van der Waals surface area contributed by atoms with Gasteiger partial charge in [-0.1, -0.05) is 222 Å². The lowest BCUT2D eigenvalue weighted by atomic mass is 9.73. The first-order chi connectivity index (χ1) is 41.2. The number of rotatable bonds is 12. The van der Waals surface area contributed by atoms with Crippen molar-refractivity contribution in [2.45, 2.75) is 38.5 Å². The van der Waals surface area contributed by atoms with Gasteiger partial charge in [-0.05, 0) is 177 Å². The van der Waals surface area contributed by atoms with Crippen LogP contribution in [0.5, 0.6) is 0 Å². The lowest BCUT2D eigenvalue weighted by Gasteiger charge is -2.42. The lowest BCUT2D eigenvalue weighted by molar-refractivity contribution is 0.632. The Morgan fingerprint density at radius 2 is 0.500 bits per heavy atom. The van der Waals surface area contributed by atoms with Crippen LogP contribution in [0.15, 0.2) is 315 Å². The van der Waals surface area contributed by atoms with Gasteiger partial charge in [-0.3, -0.25) is 0 Å². The SMILES string of the molecule is CC1(C)c2ccccc2N(c2ccccc2)c2ccc(N(c3ccccc3)c3ccc(/C(=C(\c4ccccc4)c4ccc(N(c5ccccc5)c5ccc6c(c5)C(C)(C)c5ccccc5N6c5ccccc5)cc4)c4ccccc4)cc3)cc21. The summed E-state index contributed by atoms with van der Waals surface area (Å²) in [5.74, 6) is 0. The van der Waals surface area contributed by atoms with Crippen LogP contribution in [-0.4, -0.2) is 0 Å². The fourth-order valence-corrected chi connectivity index (χ4v) is 13.1. The molecule has 2 aliphatic rings. The first-order valence-electron chi connectivity index (χ1n) is 29.2. The van der Waals surface area contributed by atoms with Crippen molar-refractivity contribution in [3.8, 4) is 0 Å². The average molecular weight is 1080 g/mol. The molecule has 0 N–H and O–H groups in total. The van der Waals surface area contributed by atoms with Crippen LogP contribution < -0.4 is 19.6 Å². The Morgan fingerprint density at radius 1 is 0.238 bits per heavy atom. The molecule has 404 valence electrons. The van der Waals surface area contributed by atoms with E-state index in [1.54, 1.807) is 0 Å². The van der Waals surface area contributed by atoms with Crippen LogP contribution in [0.2, 0.25) is 0 Å². The predicted molar refractivity (Wildman–Crippen MR) is 354 cm³/mol. The molecule has 4 heteroatoms. The normalized spacial score (nSPS) is 13.8. The number of hydrogen-bond donors (Lipinski definition) is 0.